The minimum absolute atomic E-state index is 0.0125. The van der Waals surface area contributed by atoms with Gasteiger partial charge in [0.2, 0.25) is 0 Å². The number of carbonyl (C=O) groups is 2. The summed E-state index contributed by atoms with van der Waals surface area (Å²) in [4.78, 5) is 22.5. The van der Waals surface area contributed by atoms with Gasteiger partial charge in [0, 0.05) is 6.42 Å². The molecule has 0 aliphatic heterocycles. The Kier molecular flexibility index (Phi) is 33.6. The molecule has 1 rings (SSSR count). The molecule has 1 aromatic carbocycles. The lowest BCUT2D eigenvalue weighted by molar-refractivity contribution is -0.143. The van der Waals surface area contributed by atoms with Crippen LogP contribution >= 0.6 is 0 Å². The standard InChI is InChI=1S/C28H56O2.C13H18O2/c1-3-5-7-9-10-11-12-13-14-15-16-17-18-19-20-21-22-23-24-26-28(29)30-27-25-8-6-4-2;1-2-3-4-5-8-11-9-6-7-10-12(11)13(14)15/h3-27H2,1-2H3;6-7,9-10H,2-5,8H2,1H3,(H,14,15). The molecule has 0 bridgehead atoms. The maximum Gasteiger partial charge on any atom is 0.335 e. The third kappa shape index (κ3) is 30.6. The summed E-state index contributed by atoms with van der Waals surface area (Å²) in [6.45, 7) is 7.29. The topological polar surface area (TPSA) is 63.6 Å². The van der Waals surface area contributed by atoms with E-state index in [9.17, 15) is 9.59 Å². The number of aromatic carboxylic acids is 1. The second kappa shape index (κ2) is 35.0. The van der Waals surface area contributed by atoms with E-state index in [1.807, 2.05) is 12.1 Å². The van der Waals surface area contributed by atoms with E-state index in [2.05, 4.69) is 20.8 Å². The number of carboxylic acids is 1. The fourth-order valence-electron chi connectivity index (χ4n) is 5.82. The van der Waals surface area contributed by atoms with E-state index in [0.717, 1.165) is 31.2 Å². The molecule has 0 radical (unpaired) electrons. The van der Waals surface area contributed by atoms with Crippen molar-refractivity contribution in [1.29, 1.82) is 0 Å². The van der Waals surface area contributed by atoms with Crippen LogP contribution < -0.4 is 0 Å². The van der Waals surface area contributed by atoms with Gasteiger partial charge in [-0.05, 0) is 37.3 Å². The Morgan fingerprint density at radius 2 is 0.889 bits per heavy atom. The van der Waals surface area contributed by atoms with Gasteiger partial charge in [-0.3, -0.25) is 4.79 Å². The summed E-state index contributed by atoms with van der Waals surface area (Å²) in [6, 6.07) is 7.27. The van der Waals surface area contributed by atoms with Gasteiger partial charge in [-0.25, -0.2) is 4.79 Å². The van der Waals surface area contributed by atoms with E-state index in [1.54, 1.807) is 12.1 Å². The SMILES string of the molecule is CCCCCCCCCCCCCCCCCCCCCC(=O)OCCCCCC.CCCCCCc1ccccc1C(=O)O. The number of hydrogen-bond acceptors (Lipinski definition) is 3. The van der Waals surface area contributed by atoms with E-state index in [0.29, 0.717) is 18.6 Å². The van der Waals surface area contributed by atoms with Crippen molar-refractivity contribution in [2.24, 2.45) is 0 Å². The summed E-state index contributed by atoms with van der Waals surface area (Å²) in [5.41, 5.74) is 1.41. The molecular weight excluding hydrogens is 556 g/mol. The minimum atomic E-state index is -0.818. The highest BCUT2D eigenvalue weighted by molar-refractivity contribution is 5.89. The fraction of sp³-hybridized carbons (Fsp3) is 0.805. The summed E-state index contributed by atoms with van der Waals surface area (Å²) in [5.74, 6) is -0.806. The van der Waals surface area contributed by atoms with Gasteiger partial charge in [0.05, 0.1) is 12.2 Å². The molecule has 0 unspecified atom stereocenters. The van der Waals surface area contributed by atoms with Crippen molar-refractivity contribution in [1.82, 2.24) is 0 Å². The Bertz CT molecular complexity index is 775. The van der Waals surface area contributed by atoms with Crippen LogP contribution in [0.5, 0.6) is 0 Å². The average molecular weight is 631 g/mol. The molecule has 0 amide bonds. The molecule has 1 aromatic rings. The lowest BCUT2D eigenvalue weighted by atomic mass is 10.0. The van der Waals surface area contributed by atoms with Gasteiger partial charge in [0.25, 0.3) is 0 Å². The van der Waals surface area contributed by atoms with Crippen LogP contribution in [0.15, 0.2) is 24.3 Å². The molecule has 262 valence electrons. The monoisotopic (exact) mass is 631 g/mol. The van der Waals surface area contributed by atoms with Gasteiger partial charge in [-0.1, -0.05) is 193 Å². The molecule has 45 heavy (non-hydrogen) atoms. The summed E-state index contributed by atoms with van der Waals surface area (Å²) >= 11 is 0. The minimum Gasteiger partial charge on any atom is -0.478 e. The number of aryl methyl sites for hydroxylation is 1. The first-order chi connectivity index (χ1) is 22.1. The number of carbonyl (C=O) groups excluding carboxylic acids is 1. The molecule has 0 saturated carbocycles. The summed E-state index contributed by atoms with van der Waals surface area (Å²) in [6.07, 6.45) is 37.2. The quantitative estimate of drug-likeness (QED) is 0.0655. The first-order valence-corrected chi connectivity index (χ1v) is 19.5. The first kappa shape index (κ1) is 43.2. The van der Waals surface area contributed by atoms with Crippen LogP contribution in [0.2, 0.25) is 0 Å². The molecular formula is C41H74O4. The summed E-state index contributed by atoms with van der Waals surface area (Å²) < 4.78 is 5.29. The molecule has 1 N–H and O–H groups in total. The number of hydrogen-bond donors (Lipinski definition) is 1. The predicted octanol–water partition coefficient (Wildman–Crippen LogP) is 13.4. The molecule has 0 heterocycles. The molecule has 0 aliphatic rings. The van der Waals surface area contributed by atoms with Crippen LogP contribution in [0.1, 0.15) is 216 Å². The molecule has 4 heteroatoms. The van der Waals surface area contributed by atoms with Crippen LogP contribution in [-0.2, 0) is 16.0 Å². The van der Waals surface area contributed by atoms with Crippen molar-refractivity contribution >= 4 is 11.9 Å². The Balaban J connectivity index is 0.00000107. The van der Waals surface area contributed by atoms with Crippen molar-refractivity contribution in [2.75, 3.05) is 6.61 Å². The molecule has 0 aliphatic carbocycles. The predicted molar refractivity (Wildman–Crippen MR) is 194 cm³/mol. The van der Waals surface area contributed by atoms with Gasteiger partial charge in [0.15, 0.2) is 0 Å². The number of carboxylic acid groups (broad SMARTS) is 1. The molecule has 0 aromatic heterocycles. The summed E-state index contributed by atoms with van der Waals surface area (Å²) in [7, 11) is 0. The molecule has 0 atom stereocenters. The smallest absolute Gasteiger partial charge is 0.335 e. The van der Waals surface area contributed by atoms with Gasteiger partial charge < -0.3 is 9.84 Å². The molecule has 0 fully saturated rings. The largest absolute Gasteiger partial charge is 0.478 e. The Morgan fingerprint density at radius 3 is 1.33 bits per heavy atom. The van der Waals surface area contributed by atoms with Crippen LogP contribution in [0, 0.1) is 0 Å². The number of esters is 1. The number of ether oxygens (including phenoxy) is 1. The van der Waals surface area contributed by atoms with E-state index < -0.39 is 5.97 Å². The van der Waals surface area contributed by atoms with Gasteiger partial charge in [-0.2, -0.15) is 0 Å². The van der Waals surface area contributed by atoms with E-state index >= 15 is 0 Å². The normalized spacial score (nSPS) is 10.8. The van der Waals surface area contributed by atoms with Crippen LogP contribution in [0.4, 0.5) is 0 Å². The average Bonchev–Trinajstić information content (AvgIpc) is 3.04. The highest BCUT2D eigenvalue weighted by Gasteiger charge is 2.08. The van der Waals surface area contributed by atoms with Gasteiger partial charge in [0.1, 0.15) is 0 Å². The maximum atomic E-state index is 11.6. The van der Waals surface area contributed by atoms with Crippen LogP contribution in [0.25, 0.3) is 0 Å². The summed E-state index contributed by atoms with van der Waals surface area (Å²) in [5, 5.41) is 8.97. The number of benzene rings is 1. The van der Waals surface area contributed by atoms with E-state index in [-0.39, 0.29) is 5.97 Å². The lowest BCUT2D eigenvalue weighted by Crippen LogP contribution is -2.05. The zero-order valence-corrected chi connectivity index (χ0v) is 30.2. The second-order valence-corrected chi connectivity index (χ2v) is 13.2. The van der Waals surface area contributed by atoms with Gasteiger partial charge >= 0.3 is 11.9 Å². The van der Waals surface area contributed by atoms with Crippen molar-refractivity contribution in [3.63, 3.8) is 0 Å². The van der Waals surface area contributed by atoms with Crippen molar-refractivity contribution in [2.45, 2.75) is 207 Å². The second-order valence-electron chi connectivity index (χ2n) is 13.2. The molecule has 0 spiro atoms. The van der Waals surface area contributed by atoms with E-state index in [1.165, 1.54) is 154 Å². The first-order valence-electron chi connectivity index (χ1n) is 19.5. The lowest BCUT2D eigenvalue weighted by Gasteiger charge is -2.05. The fourth-order valence-corrected chi connectivity index (χ4v) is 5.82. The zero-order chi connectivity index (χ0) is 33.1. The number of unbranched alkanes of at least 4 members (excludes halogenated alkanes) is 24. The van der Waals surface area contributed by atoms with Crippen molar-refractivity contribution < 1.29 is 19.4 Å². The zero-order valence-electron chi connectivity index (χ0n) is 30.2. The molecule has 0 saturated heterocycles. The van der Waals surface area contributed by atoms with Crippen LogP contribution in [0.3, 0.4) is 0 Å². The maximum absolute atomic E-state index is 11.6. The van der Waals surface area contributed by atoms with Crippen molar-refractivity contribution in [3.05, 3.63) is 35.4 Å². The van der Waals surface area contributed by atoms with E-state index in [4.69, 9.17) is 9.84 Å². The molecule has 4 nitrogen and oxygen atoms in total. The van der Waals surface area contributed by atoms with Crippen LogP contribution in [-0.4, -0.2) is 23.7 Å². The highest BCUT2D eigenvalue weighted by Crippen LogP contribution is 2.16. The Morgan fingerprint density at radius 1 is 0.511 bits per heavy atom. The Labute approximate surface area is 279 Å². The highest BCUT2D eigenvalue weighted by atomic mass is 16.5. The van der Waals surface area contributed by atoms with Crippen molar-refractivity contribution in [3.8, 4) is 0 Å². The van der Waals surface area contributed by atoms with Gasteiger partial charge in [-0.15, -0.1) is 0 Å². The Hall–Kier alpha value is -1.84. The third-order valence-corrected chi connectivity index (χ3v) is 8.79. The third-order valence-electron chi connectivity index (χ3n) is 8.79. The number of rotatable bonds is 31.